The lowest BCUT2D eigenvalue weighted by Gasteiger charge is -2.42. The number of piperidine rings is 1. The van der Waals surface area contributed by atoms with E-state index < -0.39 is 5.54 Å². The first kappa shape index (κ1) is 25.9. The lowest BCUT2D eigenvalue weighted by molar-refractivity contribution is -0.136. The number of likely N-dealkylation sites (tertiary alicyclic amines) is 1. The first-order chi connectivity index (χ1) is 18.5. The molecule has 2 aliphatic heterocycles. The average molecular weight is 515 g/mol. The highest BCUT2D eigenvalue weighted by Gasteiger charge is 2.57. The number of rotatable bonds is 9. The van der Waals surface area contributed by atoms with Crippen molar-refractivity contribution in [2.24, 2.45) is 0 Å². The fourth-order valence-electron chi connectivity index (χ4n) is 5.58. The minimum absolute atomic E-state index is 0.110. The molecular formula is C30H34N4O4. The van der Waals surface area contributed by atoms with Crippen LogP contribution in [0.2, 0.25) is 0 Å². The summed E-state index contributed by atoms with van der Waals surface area (Å²) in [5, 5.41) is 0. The van der Waals surface area contributed by atoms with Gasteiger partial charge in [-0.05, 0) is 65.4 Å². The van der Waals surface area contributed by atoms with Gasteiger partial charge >= 0.3 is 6.03 Å². The lowest BCUT2D eigenvalue weighted by Crippen LogP contribution is -2.57. The molecule has 198 valence electrons. The summed E-state index contributed by atoms with van der Waals surface area (Å²) in [5.74, 6) is 0.592. The van der Waals surface area contributed by atoms with Crippen LogP contribution in [0.3, 0.4) is 0 Å². The van der Waals surface area contributed by atoms with Crippen molar-refractivity contribution in [3.8, 4) is 16.9 Å². The molecule has 0 aliphatic carbocycles. The zero-order valence-electron chi connectivity index (χ0n) is 22.0. The highest BCUT2D eigenvalue weighted by atomic mass is 16.5. The van der Waals surface area contributed by atoms with Crippen molar-refractivity contribution in [3.63, 3.8) is 0 Å². The van der Waals surface area contributed by atoms with Crippen molar-refractivity contribution in [1.82, 2.24) is 19.7 Å². The van der Waals surface area contributed by atoms with Crippen molar-refractivity contribution in [1.29, 1.82) is 0 Å². The van der Waals surface area contributed by atoms with Gasteiger partial charge in [0.15, 0.2) is 0 Å². The summed E-state index contributed by atoms with van der Waals surface area (Å²) in [6.07, 6.45) is 4.80. The Morgan fingerprint density at radius 3 is 2.29 bits per heavy atom. The average Bonchev–Trinajstić information content (AvgIpc) is 3.14. The van der Waals surface area contributed by atoms with Crippen LogP contribution in [0.1, 0.15) is 24.0 Å². The van der Waals surface area contributed by atoms with Gasteiger partial charge in [0.25, 0.3) is 5.91 Å². The number of hydrogen-bond acceptors (Lipinski definition) is 6. The molecule has 0 N–H and O–H groups in total. The van der Waals surface area contributed by atoms with Gasteiger partial charge in [0.2, 0.25) is 0 Å². The van der Waals surface area contributed by atoms with Gasteiger partial charge in [-0.2, -0.15) is 0 Å². The van der Waals surface area contributed by atoms with Crippen LogP contribution in [-0.4, -0.2) is 77.6 Å². The van der Waals surface area contributed by atoms with E-state index in [1.165, 1.54) is 10.5 Å². The van der Waals surface area contributed by atoms with E-state index in [2.05, 4.69) is 34.1 Å². The van der Waals surface area contributed by atoms with Crippen LogP contribution in [0.4, 0.5) is 4.79 Å². The van der Waals surface area contributed by atoms with Gasteiger partial charge in [-0.15, -0.1) is 0 Å². The number of nitrogens with zero attached hydrogens (tertiary/aromatic N) is 4. The number of pyridine rings is 1. The number of imide groups is 1. The van der Waals surface area contributed by atoms with Gasteiger partial charge in [0.05, 0.1) is 20.3 Å². The molecular weight excluding hydrogens is 480 g/mol. The van der Waals surface area contributed by atoms with Gasteiger partial charge in [-0.25, -0.2) is 4.79 Å². The van der Waals surface area contributed by atoms with Gasteiger partial charge in [0, 0.05) is 45.7 Å². The maximum Gasteiger partial charge on any atom is 0.328 e. The number of amides is 3. The number of carbonyl (C=O) groups excluding carboxylic acids is 2. The molecule has 2 aliphatic rings. The van der Waals surface area contributed by atoms with E-state index in [0.717, 1.165) is 36.3 Å². The van der Waals surface area contributed by atoms with E-state index >= 15 is 0 Å². The Bertz CT molecular complexity index is 1270. The molecule has 3 amide bonds. The summed E-state index contributed by atoms with van der Waals surface area (Å²) in [7, 11) is 3.22. The third-order valence-electron chi connectivity index (χ3n) is 7.65. The van der Waals surface area contributed by atoms with E-state index in [1.807, 2.05) is 36.4 Å². The number of urea groups is 1. The fourth-order valence-corrected chi connectivity index (χ4v) is 5.58. The number of methoxy groups -OCH3 is 2. The number of ether oxygens (including phenoxy) is 2. The fraction of sp³-hybridized carbons (Fsp3) is 0.367. The Balaban J connectivity index is 1.30. The molecule has 2 fully saturated rings. The van der Waals surface area contributed by atoms with Crippen LogP contribution in [0.5, 0.6) is 5.75 Å². The number of benzene rings is 2. The summed E-state index contributed by atoms with van der Waals surface area (Å²) < 4.78 is 10.6. The second-order valence-corrected chi connectivity index (χ2v) is 9.91. The van der Waals surface area contributed by atoms with Crippen LogP contribution in [0.25, 0.3) is 11.1 Å². The normalized spacial score (nSPS) is 17.4. The minimum Gasteiger partial charge on any atom is -0.497 e. The molecule has 3 aromatic rings. The Hall–Kier alpha value is -3.75. The zero-order chi connectivity index (χ0) is 26.5. The summed E-state index contributed by atoms with van der Waals surface area (Å²) in [6, 6.07) is 19.8. The van der Waals surface area contributed by atoms with Crippen LogP contribution in [-0.2, 0) is 22.6 Å². The first-order valence-corrected chi connectivity index (χ1v) is 13.0. The van der Waals surface area contributed by atoms with Crippen molar-refractivity contribution < 1.29 is 19.1 Å². The standard InChI is InChI=1S/C30H34N4O4/c1-37-18-17-34-29(36)33(22-24-6-4-8-27(20-24)38-2)28(35)30(34)11-15-32(16-12-30)21-23-5-3-7-26(19-23)25-9-13-31-14-10-25/h3-10,13-14,19-20H,11-12,15-18,21-22H2,1-2H3. The molecule has 0 radical (unpaired) electrons. The van der Waals surface area contributed by atoms with Gasteiger partial charge in [-0.3, -0.25) is 19.6 Å². The summed E-state index contributed by atoms with van der Waals surface area (Å²) in [4.78, 5) is 37.0. The third kappa shape index (κ3) is 5.14. The maximum absolute atomic E-state index is 13.9. The van der Waals surface area contributed by atoms with E-state index in [9.17, 15) is 9.59 Å². The van der Waals surface area contributed by atoms with E-state index in [1.54, 1.807) is 31.5 Å². The molecule has 0 bridgehead atoms. The third-order valence-corrected chi connectivity index (χ3v) is 7.65. The van der Waals surface area contributed by atoms with E-state index in [-0.39, 0.29) is 18.5 Å². The number of aromatic nitrogens is 1. The Labute approximate surface area is 223 Å². The quantitative estimate of drug-likeness (QED) is 0.399. The summed E-state index contributed by atoms with van der Waals surface area (Å²) in [5.41, 5.74) is 3.55. The van der Waals surface area contributed by atoms with E-state index in [4.69, 9.17) is 9.47 Å². The number of carbonyl (C=O) groups is 2. The Morgan fingerprint density at radius 2 is 1.58 bits per heavy atom. The maximum atomic E-state index is 13.9. The van der Waals surface area contributed by atoms with Crippen molar-refractivity contribution >= 4 is 11.9 Å². The van der Waals surface area contributed by atoms with E-state index in [0.29, 0.717) is 31.7 Å². The molecule has 3 heterocycles. The summed E-state index contributed by atoms with van der Waals surface area (Å²) >= 11 is 0. The second kappa shape index (κ2) is 11.3. The molecule has 2 saturated heterocycles. The molecule has 0 saturated carbocycles. The van der Waals surface area contributed by atoms with Crippen LogP contribution >= 0.6 is 0 Å². The second-order valence-electron chi connectivity index (χ2n) is 9.91. The molecule has 0 atom stereocenters. The van der Waals surface area contributed by atoms with Crippen molar-refractivity contribution in [3.05, 3.63) is 84.2 Å². The molecule has 2 aromatic carbocycles. The minimum atomic E-state index is -0.829. The highest BCUT2D eigenvalue weighted by molar-refractivity contribution is 6.07. The zero-order valence-corrected chi connectivity index (χ0v) is 22.0. The SMILES string of the molecule is COCCN1C(=O)N(Cc2cccc(OC)c2)C(=O)C12CCN(Cc1cccc(-c3ccncc3)c1)CC2. The smallest absolute Gasteiger partial charge is 0.328 e. The van der Waals surface area contributed by atoms with Crippen molar-refractivity contribution in [2.45, 2.75) is 31.5 Å². The molecule has 8 nitrogen and oxygen atoms in total. The monoisotopic (exact) mass is 514 g/mol. The van der Waals surface area contributed by atoms with Gasteiger partial charge < -0.3 is 14.4 Å². The predicted molar refractivity (Wildman–Crippen MR) is 144 cm³/mol. The largest absolute Gasteiger partial charge is 0.497 e. The van der Waals surface area contributed by atoms with Crippen molar-refractivity contribution in [2.75, 3.05) is 40.5 Å². The molecule has 0 unspecified atom stereocenters. The van der Waals surface area contributed by atoms with Gasteiger partial charge in [0.1, 0.15) is 11.3 Å². The Morgan fingerprint density at radius 1 is 0.868 bits per heavy atom. The highest BCUT2D eigenvalue weighted by Crippen LogP contribution is 2.38. The Kier molecular flexibility index (Phi) is 7.72. The predicted octanol–water partition coefficient (Wildman–Crippen LogP) is 4.20. The molecule has 8 heteroatoms. The molecule has 38 heavy (non-hydrogen) atoms. The molecule has 5 rings (SSSR count). The lowest BCUT2D eigenvalue weighted by atomic mass is 9.85. The van der Waals surface area contributed by atoms with Crippen LogP contribution < -0.4 is 4.74 Å². The molecule has 1 aromatic heterocycles. The first-order valence-electron chi connectivity index (χ1n) is 13.0. The van der Waals surface area contributed by atoms with Crippen LogP contribution in [0.15, 0.2) is 73.1 Å². The molecule has 1 spiro atoms. The van der Waals surface area contributed by atoms with Gasteiger partial charge in [-0.1, -0.05) is 30.3 Å². The van der Waals surface area contributed by atoms with Crippen LogP contribution in [0, 0.1) is 0 Å². The topological polar surface area (TPSA) is 75.2 Å². The number of hydrogen-bond donors (Lipinski definition) is 0. The summed E-state index contributed by atoms with van der Waals surface area (Å²) in [6.45, 7) is 3.27.